The Labute approximate surface area is 546 Å². The van der Waals surface area contributed by atoms with Gasteiger partial charge in [0.15, 0.2) is 11.6 Å². The number of likely N-dealkylation sites (tertiary alicyclic amines) is 3. The molecule has 0 radical (unpaired) electrons. The summed E-state index contributed by atoms with van der Waals surface area (Å²) in [6, 6.07) is 9.33. The van der Waals surface area contributed by atoms with Gasteiger partial charge in [0.05, 0.1) is 57.9 Å². The van der Waals surface area contributed by atoms with Crippen molar-refractivity contribution in [3.63, 3.8) is 0 Å². The predicted molar refractivity (Wildman–Crippen MR) is 359 cm³/mol. The number of aromatic nitrogens is 8. The molecule has 4 aromatic heterocycles. The Balaban J connectivity index is 0.000000180. The van der Waals surface area contributed by atoms with Gasteiger partial charge in [0.1, 0.15) is 27.3 Å². The summed E-state index contributed by atoms with van der Waals surface area (Å²) in [6.45, 7) is 19.4. The zero-order valence-electron chi connectivity index (χ0n) is 54.2. The van der Waals surface area contributed by atoms with Crippen molar-refractivity contribution in [2.24, 2.45) is 14.1 Å². The Hall–Kier alpha value is -6.19. The topological polar surface area (TPSA) is 261 Å². The van der Waals surface area contributed by atoms with Crippen LogP contribution in [0.15, 0.2) is 59.1 Å². The summed E-state index contributed by atoms with van der Waals surface area (Å²) in [5, 5.41) is 23.7. The van der Waals surface area contributed by atoms with Gasteiger partial charge in [-0.25, -0.2) is 26.8 Å². The number of benzene rings is 2. The molecule has 2 saturated carbocycles. The molecule has 2 aliphatic carbocycles. The van der Waals surface area contributed by atoms with Crippen LogP contribution in [0.25, 0.3) is 0 Å². The molecule has 2 aromatic carbocycles. The van der Waals surface area contributed by atoms with Crippen LogP contribution in [-0.2, 0) is 38.6 Å². The normalized spacial score (nSPS) is 18.5. The number of sulfone groups is 2. The number of ketones is 1. The van der Waals surface area contributed by atoms with Gasteiger partial charge in [0.2, 0.25) is 41.6 Å². The Morgan fingerprint density at radius 1 is 0.549 bits per heavy atom. The number of rotatable bonds is 19. The molecule has 8 heterocycles. The van der Waals surface area contributed by atoms with Gasteiger partial charge in [-0.3, -0.25) is 14.2 Å². The first-order chi connectivity index (χ1) is 43.4. The molecule has 6 aliphatic rings. The summed E-state index contributed by atoms with van der Waals surface area (Å²) < 4.78 is 67.2. The van der Waals surface area contributed by atoms with Gasteiger partial charge in [-0.15, -0.1) is 0 Å². The number of carbonyl (C=O) groups is 1. The molecule has 12 rings (SSSR count). The van der Waals surface area contributed by atoms with Gasteiger partial charge in [-0.2, -0.15) is 20.2 Å². The highest BCUT2D eigenvalue weighted by Gasteiger charge is 2.33. The van der Waals surface area contributed by atoms with Crippen LogP contribution in [0.3, 0.4) is 0 Å². The van der Waals surface area contributed by atoms with E-state index in [1.807, 2.05) is 7.05 Å². The minimum Gasteiger partial charge on any atom is -0.488 e. The quantitative estimate of drug-likeness (QED) is 0.0505. The maximum Gasteiger partial charge on any atom is 0.229 e. The van der Waals surface area contributed by atoms with Crippen molar-refractivity contribution >= 4 is 94.9 Å². The van der Waals surface area contributed by atoms with E-state index in [0.29, 0.717) is 46.9 Å². The van der Waals surface area contributed by atoms with Crippen LogP contribution < -0.4 is 36.1 Å². The van der Waals surface area contributed by atoms with Crippen molar-refractivity contribution in [2.45, 2.75) is 169 Å². The number of nitrogens with one attached hydrogen (secondary N) is 5. The van der Waals surface area contributed by atoms with Crippen molar-refractivity contribution in [1.29, 1.82) is 0 Å². The number of hydrogen-bond acceptors (Lipinski definition) is 21. The predicted octanol–water partition coefficient (Wildman–Crippen LogP) is 10.8. The molecule has 27 heteroatoms. The molecule has 4 saturated heterocycles. The van der Waals surface area contributed by atoms with E-state index in [9.17, 15) is 21.6 Å². The van der Waals surface area contributed by atoms with E-state index < -0.39 is 30.2 Å². The molecule has 4 aliphatic heterocycles. The SMILES string of the molecule is CN1CCC(=O)CC1.Cc1cc(Nc2ncc(Cl)c(Nc3cn(C)nc3S(=O)(=O)C(C)C)n2)c(OC2CC2)cc1C1CCN(C2CCN(C)CC2)CC1.Cc1cc(Nc2ncc(Cl)c(Nc3cn(C)nc3S(=O)(=O)C(C)C)n2)c(OC2CC2)cc1C1CCNCC1. The molecule has 91 heavy (non-hydrogen) atoms. The number of anilines is 8. The average Bonchev–Trinajstić information content (AvgIpc) is 1.98. The van der Waals surface area contributed by atoms with Crippen molar-refractivity contribution in [2.75, 3.05) is 87.7 Å². The number of halogens is 2. The summed E-state index contributed by atoms with van der Waals surface area (Å²) >= 11 is 12.9. The first-order valence-corrected chi connectivity index (χ1v) is 35.9. The minimum absolute atomic E-state index is 0.0484. The molecular formula is C64H90Cl2N16O7S2. The van der Waals surface area contributed by atoms with Gasteiger partial charge in [-0.05, 0) is 217 Å². The lowest BCUT2D eigenvalue weighted by Crippen LogP contribution is -2.46. The molecule has 0 amide bonds. The average molecular weight is 1330 g/mol. The molecule has 23 nitrogen and oxygen atoms in total. The van der Waals surface area contributed by atoms with Gasteiger partial charge in [0, 0.05) is 58.5 Å². The summed E-state index contributed by atoms with van der Waals surface area (Å²) in [5.41, 5.74) is 7.26. The number of Topliss-reactive ketones (excluding diaryl/α,β-unsaturated/α-hetero) is 1. The van der Waals surface area contributed by atoms with Crippen LogP contribution in [0.5, 0.6) is 11.5 Å². The summed E-state index contributed by atoms with van der Waals surface area (Å²) in [6.07, 6.45) is 19.4. The standard InChI is InChI=1S/C32H45ClN8O3S.C26H34ClN7O3S.C6H11NO/c1-20(2)45(42,43)31-28(19-40(5)38-31)35-30-26(33)18-34-32(37-30)36-27-16-21(3)25(17-29(27)44-24-6-7-24)22-8-14-41(15-9-22)23-10-12-39(4)13-11-23;1-15(2)38(35,36)25-22(14-34(4)33-25)30-24-20(27)13-29-26(32-24)31-21-11-16(3)19(17-7-9-28-10-8-17)12-23(21)37-18-5-6-18;1-7-4-2-6(8)3-5-7/h16-20,22-24H,6-15H2,1-5H3,(H2,34,35,36,37);11-15,17-18,28H,5-10H2,1-4H3,(H2,29,30,31,32);2-5H2,1H3. The lowest BCUT2D eigenvalue weighted by Gasteiger charge is -2.41. The van der Waals surface area contributed by atoms with Crippen molar-refractivity contribution in [3.8, 4) is 11.5 Å². The second-order valence-electron chi connectivity index (χ2n) is 25.8. The molecule has 0 atom stereocenters. The summed E-state index contributed by atoms with van der Waals surface area (Å²) in [5.74, 6) is 4.19. The smallest absolute Gasteiger partial charge is 0.229 e. The number of nitrogens with zero attached hydrogens (tertiary/aromatic N) is 11. The fraction of sp³-hybridized carbons (Fsp3) is 0.578. The van der Waals surface area contributed by atoms with E-state index in [-0.39, 0.29) is 43.9 Å². The third-order valence-corrected chi connectivity index (χ3v) is 22.4. The van der Waals surface area contributed by atoms with E-state index >= 15 is 0 Å². The fourth-order valence-corrected chi connectivity index (χ4v) is 14.3. The minimum atomic E-state index is -3.64. The highest BCUT2D eigenvalue weighted by atomic mass is 35.5. The number of aryl methyl sites for hydroxylation is 4. The largest absolute Gasteiger partial charge is 0.488 e. The van der Waals surface area contributed by atoms with E-state index in [4.69, 9.17) is 32.7 Å². The Bertz CT molecular complexity index is 3750. The highest BCUT2D eigenvalue weighted by Crippen LogP contribution is 2.43. The van der Waals surface area contributed by atoms with Gasteiger partial charge >= 0.3 is 0 Å². The Kier molecular flexibility index (Phi) is 21.9. The number of ether oxygens (including phenoxy) is 2. The number of piperidine rings is 4. The first kappa shape index (κ1) is 67.7. The monoisotopic (exact) mass is 1330 g/mol. The fourth-order valence-electron chi connectivity index (χ4n) is 11.8. The maximum absolute atomic E-state index is 12.9. The van der Waals surface area contributed by atoms with Gasteiger partial charge < -0.3 is 50.8 Å². The second-order valence-corrected chi connectivity index (χ2v) is 31.4. The first-order valence-electron chi connectivity index (χ1n) is 32.0. The van der Waals surface area contributed by atoms with Crippen LogP contribution in [0.1, 0.15) is 139 Å². The van der Waals surface area contributed by atoms with Crippen LogP contribution in [-0.4, -0.2) is 172 Å². The lowest BCUT2D eigenvalue weighted by atomic mass is 9.85. The molecule has 0 spiro atoms. The van der Waals surface area contributed by atoms with E-state index in [1.54, 1.807) is 54.2 Å². The number of carbonyl (C=O) groups excluding carboxylic acids is 1. The van der Waals surface area contributed by atoms with Crippen LogP contribution >= 0.6 is 23.2 Å². The van der Waals surface area contributed by atoms with Crippen LogP contribution in [0, 0.1) is 13.8 Å². The molecule has 0 unspecified atom stereocenters. The zero-order valence-corrected chi connectivity index (χ0v) is 57.3. The van der Waals surface area contributed by atoms with E-state index in [2.05, 4.69) is 117 Å². The third-order valence-electron chi connectivity index (χ3n) is 17.7. The van der Waals surface area contributed by atoms with Crippen molar-refractivity contribution in [1.82, 2.24) is 59.5 Å². The molecule has 6 fully saturated rings. The molecular weight excluding hydrogens is 1240 g/mol. The Morgan fingerprint density at radius 2 is 0.967 bits per heavy atom. The van der Waals surface area contributed by atoms with Crippen LogP contribution in [0.4, 0.5) is 46.3 Å². The highest BCUT2D eigenvalue weighted by molar-refractivity contribution is 7.92. The molecule has 5 N–H and O–H groups in total. The lowest BCUT2D eigenvalue weighted by molar-refractivity contribution is -0.121. The van der Waals surface area contributed by atoms with Gasteiger partial charge in [-0.1, -0.05) is 23.2 Å². The van der Waals surface area contributed by atoms with Gasteiger partial charge in [0.25, 0.3) is 0 Å². The maximum atomic E-state index is 12.9. The summed E-state index contributed by atoms with van der Waals surface area (Å²) in [4.78, 5) is 35.9. The third kappa shape index (κ3) is 17.3. The number of hydrogen-bond donors (Lipinski definition) is 5. The van der Waals surface area contributed by atoms with E-state index in [0.717, 1.165) is 126 Å². The van der Waals surface area contributed by atoms with Crippen molar-refractivity contribution < 1.29 is 31.1 Å². The van der Waals surface area contributed by atoms with Crippen LogP contribution in [0.2, 0.25) is 10.0 Å². The van der Waals surface area contributed by atoms with Crippen molar-refractivity contribution in [3.05, 3.63) is 81.4 Å². The molecule has 494 valence electrons. The molecule has 0 bridgehead atoms. The second kappa shape index (κ2) is 29.4. The zero-order chi connectivity index (χ0) is 64.9. The van der Waals surface area contributed by atoms with E-state index in [1.165, 1.54) is 69.9 Å². The summed E-state index contributed by atoms with van der Waals surface area (Å²) in [7, 11) is 0.344. The molecule has 6 aromatic rings. The Morgan fingerprint density at radius 3 is 1.37 bits per heavy atom.